The van der Waals surface area contributed by atoms with Crippen molar-refractivity contribution in [3.63, 3.8) is 0 Å². The van der Waals surface area contributed by atoms with Gasteiger partial charge in [-0.1, -0.05) is 0 Å². The smallest absolute Gasteiger partial charge is 0.257 e. The van der Waals surface area contributed by atoms with E-state index in [4.69, 9.17) is 16.6 Å². The zero-order valence-electron chi connectivity index (χ0n) is 7.80. The van der Waals surface area contributed by atoms with Crippen LogP contribution in [0.5, 0.6) is 0 Å². The van der Waals surface area contributed by atoms with Crippen LogP contribution in [0.25, 0.3) is 0 Å². The molecule has 0 aliphatic carbocycles. The predicted molar refractivity (Wildman–Crippen MR) is 65.7 cm³/mol. The Morgan fingerprint density at radius 3 is 2.47 bits per heavy atom. The third kappa shape index (κ3) is 7.11. The van der Waals surface area contributed by atoms with Crippen molar-refractivity contribution in [1.29, 1.82) is 10.8 Å². The van der Waals surface area contributed by atoms with Crippen LogP contribution in [0, 0.1) is 10.8 Å². The zero-order chi connectivity index (χ0) is 11.8. The molecule has 0 atom stereocenters. The number of alkyl halides is 2. The van der Waals surface area contributed by atoms with E-state index in [0.717, 1.165) is 0 Å². The summed E-state index contributed by atoms with van der Waals surface area (Å²) in [6.45, 7) is -0.577. The number of allylic oxidation sites excluding steroid dienone is 1. The van der Waals surface area contributed by atoms with Crippen LogP contribution < -0.4 is 5.73 Å². The average molecular weight is 328 g/mol. The van der Waals surface area contributed by atoms with E-state index >= 15 is 0 Å². The molecule has 0 saturated heterocycles. The van der Waals surface area contributed by atoms with Crippen molar-refractivity contribution >= 4 is 38.2 Å². The predicted octanol–water partition coefficient (Wildman–Crippen LogP) is 1.99. The highest BCUT2D eigenvalue weighted by molar-refractivity contribution is 14.1. The number of nitrogens with zero attached hydrogens (tertiary/aromatic N) is 1. The fourth-order valence-corrected chi connectivity index (χ4v) is 0.870. The van der Waals surface area contributed by atoms with Crippen LogP contribution in [0.15, 0.2) is 16.8 Å². The molecule has 0 fully saturated rings. The van der Waals surface area contributed by atoms with E-state index in [0.29, 0.717) is 5.57 Å². The third-order valence-electron chi connectivity index (χ3n) is 1.36. The molecule has 15 heavy (non-hydrogen) atoms. The Morgan fingerprint density at radius 2 is 2.07 bits per heavy atom. The van der Waals surface area contributed by atoms with E-state index in [-0.39, 0.29) is 15.9 Å². The van der Waals surface area contributed by atoms with Gasteiger partial charge < -0.3 is 11.1 Å². The number of aliphatic imine (C=N–C) groups is 1. The monoisotopic (exact) mass is 328 g/mol. The molecule has 0 aromatic rings. The van der Waals surface area contributed by atoms with E-state index in [9.17, 15) is 8.78 Å². The van der Waals surface area contributed by atoms with Crippen LogP contribution in [0.1, 0.15) is 6.42 Å². The lowest BCUT2D eigenvalue weighted by atomic mass is 10.1. The summed E-state index contributed by atoms with van der Waals surface area (Å²) in [6.07, 6.45) is 0.0524. The van der Waals surface area contributed by atoms with Gasteiger partial charge in [0.05, 0.1) is 12.3 Å². The lowest BCUT2D eigenvalue weighted by molar-refractivity contribution is 0.159. The summed E-state index contributed by atoms with van der Waals surface area (Å²) in [5.41, 5.74) is 5.75. The Morgan fingerprint density at radius 1 is 1.47 bits per heavy atom. The van der Waals surface area contributed by atoms with E-state index in [2.05, 4.69) is 4.99 Å². The molecule has 0 saturated carbocycles. The Bertz CT molecular complexity index is 299. The van der Waals surface area contributed by atoms with Crippen LogP contribution in [0.2, 0.25) is 0 Å². The minimum atomic E-state index is -2.48. The van der Waals surface area contributed by atoms with E-state index < -0.39 is 13.0 Å². The van der Waals surface area contributed by atoms with Crippen molar-refractivity contribution in [2.45, 2.75) is 12.8 Å². The molecular weight excluding hydrogens is 317 g/mol. The molecule has 0 aliphatic heterocycles. The van der Waals surface area contributed by atoms with Gasteiger partial charge in [-0.05, 0) is 34.4 Å². The van der Waals surface area contributed by atoms with Crippen LogP contribution in [0.4, 0.5) is 8.78 Å². The molecule has 0 unspecified atom stereocenters. The van der Waals surface area contributed by atoms with Gasteiger partial charge >= 0.3 is 0 Å². The first-order valence-corrected chi connectivity index (χ1v) is 5.05. The summed E-state index contributed by atoms with van der Waals surface area (Å²) in [5, 5.41) is 14.5. The number of nitrogens with one attached hydrogen (secondary N) is 2. The van der Waals surface area contributed by atoms with Crippen LogP contribution >= 0.6 is 22.6 Å². The van der Waals surface area contributed by atoms with Gasteiger partial charge in [0.15, 0.2) is 0 Å². The lowest BCUT2D eigenvalue weighted by Crippen LogP contribution is -2.08. The zero-order valence-corrected chi connectivity index (χ0v) is 9.96. The fraction of sp³-hybridized carbons (Fsp3) is 0.375. The van der Waals surface area contributed by atoms with Gasteiger partial charge in [0.25, 0.3) is 6.43 Å². The standard InChI is InChI=1S/C8H11F2IN4/c9-7(10)4-15-3-5(2-12)1-6(13)8(11)14/h2-3,7,13-14H,1,4,12H2. The SMILES string of the molecule is N=C(I)C(=N)CC(C=NCC(F)F)=CN. The van der Waals surface area contributed by atoms with Crippen molar-refractivity contribution < 1.29 is 8.78 Å². The van der Waals surface area contributed by atoms with Crippen molar-refractivity contribution in [3.05, 3.63) is 11.8 Å². The molecule has 0 rings (SSSR count). The summed E-state index contributed by atoms with van der Waals surface area (Å²) in [4.78, 5) is 3.46. The quantitative estimate of drug-likeness (QED) is 0.505. The van der Waals surface area contributed by atoms with Gasteiger partial charge in [-0.3, -0.25) is 10.4 Å². The normalized spacial score (nSPS) is 12.4. The van der Waals surface area contributed by atoms with Crippen LogP contribution in [0.3, 0.4) is 0 Å². The highest BCUT2D eigenvalue weighted by Gasteiger charge is 2.04. The number of nitrogens with two attached hydrogens (primary N) is 1. The molecule has 0 aliphatic rings. The first-order valence-electron chi connectivity index (χ1n) is 3.98. The van der Waals surface area contributed by atoms with E-state index in [1.165, 1.54) is 12.4 Å². The van der Waals surface area contributed by atoms with Gasteiger partial charge in [0.1, 0.15) is 3.72 Å². The van der Waals surface area contributed by atoms with Gasteiger partial charge in [-0.15, -0.1) is 0 Å². The maximum atomic E-state index is 11.7. The first kappa shape index (κ1) is 14.1. The summed E-state index contributed by atoms with van der Waals surface area (Å²) in [7, 11) is 0. The second kappa shape index (κ2) is 7.43. The van der Waals surface area contributed by atoms with Crippen LogP contribution in [-0.4, -0.2) is 28.6 Å². The number of hydrogen-bond donors (Lipinski definition) is 3. The van der Waals surface area contributed by atoms with Gasteiger partial charge in [0.2, 0.25) is 0 Å². The summed E-state index contributed by atoms with van der Waals surface area (Å²) in [6, 6.07) is 0. The Kier molecular flexibility index (Phi) is 7.01. The minimum absolute atomic E-state index is 0.0794. The summed E-state index contributed by atoms with van der Waals surface area (Å²) in [5.74, 6) is 0. The van der Waals surface area contributed by atoms with Crippen molar-refractivity contribution in [1.82, 2.24) is 0 Å². The Hall–Kier alpha value is -0.860. The molecular formula is C8H11F2IN4. The maximum absolute atomic E-state index is 11.7. The third-order valence-corrected chi connectivity index (χ3v) is 2.01. The Balaban J connectivity index is 4.23. The maximum Gasteiger partial charge on any atom is 0.257 e. The van der Waals surface area contributed by atoms with Gasteiger partial charge in [-0.25, -0.2) is 8.78 Å². The largest absolute Gasteiger partial charge is 0.404 e. The molecule has 0 radical (unpaired) electrons. The minimum Gasteiger partial charge on any atom is -0.404 e. The number of halogens is 3. The second-order valence-corrected chi connectivity index (χ2v) is 3.67. The van der Waals surface area contributed by atoms with Crippen LogP contribution in [-0.2, 0) is 0 Å². The lowest BCUT2D eigenvalue weighted by Gasteiger charge is -2.00. The molecule has 4 N–H and O–H groups in total. The molecule has 0 spiro atoms. The molecule has 0 aromatic carbocycles. The first-order chi connectivity index (χ1) is 6.97. The highest BCUT2D eigenvalue weighted by Crippen LogP contribution is 2.03. The summed E-state index contributed by atoms with van der Waals surface area (Å²) < 4.78 is 23.6. The average Bonchev–Trinajstić information content (AvgIpc) is 2.15. The molecule has 7 heteroatoms. The molecule has 0 bridgehead atoms. The van der Waals surface area contributed by atoms with Crippen molar-refractivity contribution in [3.8, 4) is 0 Å². The highest BCUT2D eigenvalue weighted by atomic mass is 127. The molecule has 0 amide bonds. The van der Waals surface area contributed by atoms with Crippen molar-refractivity contribution in [2.24, 2.45) is 10.7 Å². The van der Waals surface area contributed by atoms with Gasteiger partial charge in [-0.2, -0.15) is 0 Å². The Labute approximate surface area is 99.8 Å². The summed E-state index contributed by atoms with van der Waals surface area (Å²) >= 11 is 1.69. The molecule has 0 heterocycles. The topological polar surface area (TPSA) is 86.1 Å². The second-order valence-electron chi connectivity index (χ2n) is 2.60. The number of hydrogen-bond acceptors (Lipinski definition) is 4. The molecule has 0 aromatic heterocycles. The van der Waals surface area contributed by atoms with Gasteiger partial charge in [0, 0.05) is 12.6 Å². The fourth-order valence-electron chi connectivity index (χ4n) is 0.679. The number of rotatable bonds is 6. The van der Waals surface area contributed by atoms with Crippen molar-refractivity contribution in [2.75, 3.05) is 6.54 Å². The van der Waals surface area contributed by atoms with E-state index in [1.54, 1.807) is 22.6 Å². The molecule has 4 nitrogen and oxygen atoms in total. The molecule has 84 valence electrons. The van der Waals surface area contributed by atoms with E-state index in [1.807, 2.05) is 0 Å².